The van der Waals surface area contributed by atoms with Gasteiger partial charge in [0.15, 0.2) is 10.9 Å². The molecule has 0 bridgehead atoms. The van der Waals surface area contributed by atoms with Gasteiger partial charge in [-0.2, -0.15) is 0 Å². The van der Waals surface area contributed by atoms with Crippen LogP contribution in [0.1, 0.15) is 39.2 Å². The molecule has 1 unspecified atom stereocenters. The van der Waals surface area contributed by atoms with E-state index in [0.717, 1.165) is 12.1 Å². The Kier molecular flexibility index (Phi) is 6.17. The van der Waals surface area contributed by atoms with Crippen LogP contribution >= 0.6 is 12.2 Å². The molecule has 1 aliphatic heterocycles. The Hall–Kier alpha value is -1.17. The lowest BCUT2D eigenvalue weighted by molar-refractivity contribution is -0.137. The van der Waals surface area contributed by atoms with Gasteiger partial charge < -0.3 is 20.1 Å². The molecule has 1 atom stereocenters. The van der Waals surface area contributed by atoms with Gasteiger partial charge in [0.1, 0.15) is 6.10 Å². The number of thiocarbonyl (C=S) groups is 1. The van der Waals surface area contributed by atoms with Crippen molar-refractivity contribution < 1.29 is 9.47 Å². The maximum absolute atomic E-state index is 5.73. The Morgan fingerprint density at radius 3 is 2.64 bits per heavy atom. The number of nitrogens with one attached hydrogen (secondary N) is 2. The predicted octanol–water partition coefficient (Wildman–Crippen LogP) is 3.47. The van der Waals surface area contributed by atoms with Crippen LogP contribution in [-0.4, -0.2) is 30.2 Å². The van der Waals surface area contributed by atoms with E-state index >= 15 is 0 Å². The molecule has 0 amide bonds. The lowest BCUT2D eigenvalue weighted by Gasteiger charge is -2.18. The third-order valence-corrected chi connectivity index (χ3v) is 3.83. The molecule has 1 saturated heterocycles. The lowest BCUT2D eigenvalue weighted by Crippen LogP contribution is -2.36. The van der Waals surface area contributed by atoms with Crippen LogP contribution in [0.2, 0.25) is 0 Å². The number of unbranched alkanes of at least 4 members (excludes halogenated alkanes) is 1. The standard InChI is InChI=1S/C17H26N2O2S/c1-4-5-6-13-7-9-14(10-8-13)19-16(22)18-11-15-12-20-17(2,3)21-15/h7-10,15H,4-6,11-12H2,1-3H3,(H2,18,19,22). The van der Waals surface area contributed by atoms with Crippen molar-refractivity contribution in [1.29, 1.82) is 0 Å². The van der Waals surface area contributed by atoms with E-state index < -0.39 is 5.79 Å². The van der Waals surface area contributed by atoms with Crippen LogP contribution in [0.3, 0.4) is 0 Å². The molecule has 0 radical (unpaired) electrons. The third-order valence-electron chi connectivity index (χ3n) is 3.59. The molecular weight excluding hydrogens is 296 g/mol. The molecule has 1 heterocycles. The monoisotopic (exact) mass is 322 g/mol. The Bertz CT molecular complexity index is 488. The second-order valence-corrected chi connectivity index (χ2v) is 6.49. The quantitative estimate of drug-likeness (QED) is 0.785. The van der Waals surface area contributed by atoms with Crippen molar-refractivity contribution in [3.63, 3.8) is 0 Å². The van der Waals surface area contributed by atoms with Gasteiger partial charge in [0.2, 0.25) is 0 Å². The molecule has 0 saturated carbocycles. The highest BCUT2D eigenvalue weighted by atomic mass is 32.1. The van der Waals surface area contributed by atoms with Gasteiger partial charge in [-0.25, -0.2) is 0 Å². The summed E-state index contributed by atoms with van der Waals surface area (Å²) in [6.07, 6.45) is 3.62. The number of hydrogen-bond acceptors (Lipinski definition) is 3. The van der Waals surface area contributed by atoms with Crippen LogP contribution in [0.5, 0.6) is 0 Å². The Labute approximate surface area is 138 Å². The first kappa shape index (κ1) is 17.2. The van der Waals surface area contributed by atoms with E-state index in [2.05, 4.69) is 41.8 Å². The molecule has 2 rings (SSSR count). The molecule has 0 aliphatic carbocycles. The fraction of sp³-hybridized carbons (Fsp3) is 0.588. The second-order valence-electron chi connectivity index (χ2n) is 6.09. The normalized spacial score (nSPS) is 19.9. The summed E-state index contributed by atoms with van der Waals surface area (Å²) in [5.41, 5.74) is 2.37. The summed E-state index contributed by atoms with van der Waals surface area (Å²) < 4.78 is 11.3. The minimum Gasteiger partial charge on any atom is -0.360 e. The predicted molar refractivity (Wildman–Crippen MR) is 94.2 cm³/mol. The molecule has 1 aromatic rings. The first-order chi connectivity index (χ1) is 10.5. The Morgan fingerprint density at radius 1 is 1.32 bits per heavy atom. The molecule has 122 valence electrons. The SMILES string of the molecule is CCCCc1ccc(NC(=S)NCC2COC(C)(C)O2)cc1. The largest absolute Gasteiger partial charge is 0.360 e. The van der Waals surface area contributed by atoms with Gasteiger partial charge in [-0.1, -0.05) is 25.5 Å². The van der Waals surface area contributed by atoms with Crippen LogP contribution in [0.15, 0.2) is 24.3 Å². The van der Waals surface area contributed by atoms with Gasteiger partial charge in [0.05, 0.1) is 6.61 Å². The van der Waals surface area contributed by atoms with Gasteiger partial charge in [-0.3, -0.25) is 0 Å². The minimum absolute atomic E-state index is 0.0335. The van der Waals surface area contributed by atoms with E-state index in [4.69, 9.17) is 21.7 Å². The average molecular weight is 322 g/mol. The fourth-order valence-electron chi connectivity index (χ4n) is 2.38. The topological polar surface area (TPSA) is 42.5 Å². The number of anilines is 1. The number of benzene rings is 1. The van der Waals surface area contributed by atoms with Crippen molar-refractivity contribution in [3.05, 3.63) is 29.8 Å². The van der Waals surface area contributed by atoms with Crippen molar-refractivity contribution in [2.75, 3.05) is 18.5 Å². The van der Waals surface area contributed by atoms with E-state index in [9.17, 15) is 0 Å². The molecule has 5 heteroatoms. The molecule has 2 N–H and O–H groups in total. The lowest BCUT2D eigenvalue weighted by atomic mass is 10.1. The van der Waals surface area contributed by atoms with E-state index in [1.807, 2.05) is 13.8 Å². The summed E-state index contributed by atoms with van der Waals surface area (Å²) in [4.78, 5) is 0. The summed E-state index contributed by atoms with van der Waals surface area (Å²) >= 11 is 5.31. The van der Waals surface area contributed by atoms with Crippen LogP contribution < -0.4 is 10.6 Å². The van der Waals surface area contributed by atoms with Crippen molar-refractivity contribution in [3.8, 4) is 0 Å². The summed E-state index contributed by atoms with van der Waals surface area (Å²) in [7, 11) is 0. The second kappa shape index (κ2) is 7.90. The van der Waals surface area contributed by atoms with Gasteiger partial charge >= 0.3 is 0 Å². The highest BCUT2D eigenvalue weighted by Crippen LogP contribution is 2.21. The fourth-order valence-corrected chi connectivity index (χ4v) is 2.58. The summed E-state index contributed by atoms with van der Waals surface area (Å²) in [5.74, 6) is -0.490. The minimum atomic E-state index is -0.490. The Morgan fingerprint density at radius 2 is 2.05 bits per heavy atom. The van der Waals surface area contributed by atoms with Crippen LogP contribution in [-0.2, 0) is 15.9 Å². The molecule has 4 nitrogen and oxygen atoms in total. The Balaban J connectivity index is 1.72. The molecule has 1 fully saturated rings. The number of ether oxygens (including phenoxy) is 2. The van der Waals surface area contributed by atoms with E-state index in [1.54, 1.807) is 0 Å². The third kappa shape index (κ3) is 5.55. The highest BCUT2D eigenvalue weighted by Gasteiger charge is 2.32. The molecular formula is C17H26N2O2S. The average Bonchev–Trinajstić information content (AvgIpc) is 2.84. The number of hydrogen-bond donors (Lipinski definition) is 2. The molecule has 0 spiro atoms. The van der Waals surface area contributed by atoms with Gasteiger partial charge in [-0.15, -0.1) is 0 Å². The molecule has 22 heavy (non-hydrogen) atoms. The zero-order valence-electron chi connectivity index (χ0n) is 13.6. The smallest absolute Gasteiger partial charge is 0.170 e. The summed E-state index contributed by atoms with van der Waals surface area (Å²) in [6, 6.07) is 8.43. The van der Waals surface area contributed by atoms with Gasteiger partial charge in [0.25, 0.3) is 0 Å². The first-order valence-corrected chi connectivity index (χ1v) is 8.35. The maximum Gasteiger partial charge on any atom is 0.170 e. The van der Waals surface area contributed by atoms with Crippen LogP contribution in [0.4, 0.5) is 5.69 Å². The van der Waals surface area contributed by atoms with Gasteiger partial charge in [0, 0.05) is 12.2 Å². The van der Waals surface area contributed by atoms with Crippen molar-refractivity contribution >= 4 is 23.0 Å². The molecule has 1 aliphatic rings. The highest BCUT2D eigenvalue weighted by molar-refractivity contribution is 7.80. The number of aryl methyl sites for hydroxylation is 1. The van der Waals surface area contributed by atoms with Crippen LogP contribution in [0, 0.1) is 0 Å². The zero-order chi connectivity index (χ0) is 16.0. The number of rotatable bonds is 6. The van der Waals surface area contributed by atoms with E-state index in [1.165, 1.54) is 18.4 Å². The summed E-state index contributed by atoms with van der Waals surface area (Å²) in [6.45, 7) is 7.28. The van der Waals surface area contributed by atoms with Gasteiger partial charge in [-0.05, 0) is 56.6 Å². The van der Waals surface area contributed by atoms with E-state index in [-0.39, 0.29) is 6.10 Å². The maximum atomic E-state index is 5.73. The van der Waals surface area contributed by atoms with E-state index in [0.29, 0.717) is 18.3 Å². The first-order valence-electron chi connectivity index (χ1n) is 7.94. The van der Waals surface area contributed by atoms with Crippen LogP contribution in [0.25, 0.3) is 0 Å². The summed E-state index contributed by atoms with van der Waals surface area (Å²) in [5, 5.41) is 6.98. The van der Waals surface area contributed by atoms with Crippen molar-refractivity contribution in [2.45, 2.75) is 51.9 Å². The van der Waals surface area contributed by atoms with Crippen molar-refractivity contribution in [2.24, 2.45) is 0 Å². The van der Waals surface area contributed by atoms with Crippen molar-refractivity contribution in [1.82, 2.24) is 5.32 Å². The molecule has 1 aromatic carbocycles. The molecule has 0 aromatic heterocycles. The zero-order valence-corrected chi connectivity index (χ0v) is 14.5.